The van der Waals surface area contributed by atoms with Gasteiger partial charge in [0.1, 0.15) is 31.0 Å². The van der Waals surface area contributed by atoms with Crippen molar-refractivity contribution in [3.05, 3.63) is 113 Å². The lowest BCUT2D eigenvalue weighted by molar-refractivity contribution is -0.286. The number of esters is 1. The number of hydrogen-bond acceptors (Lipinski definition) is 14. The molecule has 1 aliphatic heterocycles. The van der Waals surface area contributed by atoms with Crippen molar-refractivity contribution in [1.29, 1.82) is 0 Å². The molecule has 1 saturated heterocycles. The highest BCUT2D eigenvalue weighted by Gasteiger charge is 2.43. The third-order valence-corrected chi connectivity index (χ3v) is 10.4. The summed E-state index contributed by atoms with van der Waals surface area (Å²) in [5.74, 6) is -1.45. The van der Waals surface area contributed by atoms with E-state index in [1.54, 1.807) is 48.6 Å². The van der Waals surface area contributed by atoms with Crippen LogP contribution in [0.3, 0.4) is 0 Å². The smallest absolute Gasteiger partial charge is 0.361 e. The largest absolute Gasteiger partial charge is 0.504 e. The molecule has 0 aromatic heterocycles. The number of aromatic hydroxyl groups is 4. The highest BCUT2D eigenvalue weighted by molar-refractivity contribution is 7.62. The minimum Gasteiger partial charge on any atom is -0.504 e. The van der Waals surface area contributed by atoms with Gasteiger partial charge in [0.25, 0.3) is 0 Å². The summed E-state index contributed by atoms with van der Waals surface area (Å²) in [7, 11) is -3.38. The van der Waals surface area contributed by atoms with Crippen molar-refractivity contribution >= 4 is 43.2 Å². The van der Waals surface area contributed by atoms with Crippen molar-refractivity contribution in [2.24, 2.45) is 0 Å². The highest BCUT2D eigenvalue weighted by Crippen LogP contribution is 2.49. The highest BCUT2D eigenvalue weighted by atomic mass is 31.2. The summed E-state index contributed by atoms with van der Waals surface area (Å²) in [6.07, 6.45) is -1.00. The van der Waals surface area contributed by atoms with Gasteiger partial charge in [0.2, 0.25) is 0 Å². The maximum absolute atomic E-state index is 13.1. The van der Waals surface area contributed by atoms with Crippen LogP contribution in [0, 0.1) is 0 Å². The Kier molecular flexibility index (Phi) is 15.4. The number of hydrogen-bond donors (Lipinski definition) is 8. The lowest BCUT2D eigenvalue weighted by Gasteiger charge is -2.37. The number of benzene rings is 4. The van der Waals surface area contributed by atoms with Crippen LogP contribution in [0.1, 0.15) is 60.3 Å². The van der Waals surface area contributed by atoms with Crippen molar-refractivity contribution in [3.63, 3.8) is 0 Å². The van der Waals surface area contributed by atoms with Crippen molar-refractivity contribution < 1.29 is 68.7 Å². The Balaban J connectivity index is 0.000000251. The van der Waals surface area contributed by atoms with E-state index in [0.29, 0.717) is 10.9 Å². The molecule has 56 heavy (non-hydrogen) atoms. The van der Waals surface area contributed by atoms with Crippen LogP contribution >= 0.6 is 7.60 Å². The summed E-state index contributed by atoms with van der Waals surface area (Å²) in [6.45, 7) is 6.86. The van der Waals surface area contributed by atoms with E-state index in [2.05, 4.69) is 0 Å². The van der Waals surface area contributed by atoms with E-state index in [9.17, 15) is 50.2 Å². The van der Waals surface area contributed by atoms with Gasteiger partial charge in [-0.1, -0.05) is 60.7 Å². The molecule has 0 bridgehead atoms. The van der Waals surface area contributed by atoms with E-state index in [4.69, 9.17) is 18.5 Å². The Morgan fingerprint density at radius 3 is 1.50 bits per heavy atom. The summed E-state index contributed by atoms with van der Waals surface area (Å²) >= 11 is 0. The average Bonchev–Trinajstić information content (AvgIpc) is 3.15. The molecule has 1 aliphatic rings. The van der Waals surface area contributed by atoms with Gasteiger partial charge in [-0.15, -0.1) is 0 Å². The molecule has 8 N–H and O–H groups in total. The van der Waals surface area contributed by atoms with E-state index >= 15 is 0 Å². The van der Waals surface area contributed by atoms with Crippen LogP contribution in [-0.2, 0) is 23.1 Å². The van der Waals surface area contributed by atoms with Gasteiger partial charge in [0.05, 0.1) is 23.1 Å². The van der Waals surface area contributed by atoms with Gasteiger partial charge in [-0.3, -0.25) is 4.57 Å². The topological polar surface area (TPSA) is 233 Å². The number of aliphatic hydroxyl groups is 4. The number of aliphatic hydroxyl groups excluding tert-OH is 4. The Morgan fingerprint density at radius 1 is 0.625 bits per heavy atom. The van der Waals surface area contributed by atoms with Crippen molar-refractivity contribution in [2.45, 2.75) is 70.6 Å². The van der Waals surface area contributed by atoms with E-state index in [-0.39, 0.29) is 40.8 Å². The van der Waals surface area contributed by atoms with Gasteiger partial charge in [0.15, 0.2) is 29.3 Å². The summed E-state index contributed by atoms with van der Waals surface area (Å²) in [6, 6.07) is 22.5. The third kappa shape index (κ3) is 12.2. The molecule has 14 nitrogen and oxygen atoms in total. The molecule has 0 amide bonds. The third-order valence-electron chi connectivity index (χ3n) is 8.06. The molecular formula is C41H47O14P. The number of carbonyl (C=O) groups is 1. The first-order valence-corrected chi connectivity index (χ1v) is 19.1. The number of carbonyl (C=O) groups excluding carboxylic acids is 1. The Hall–Kier alpha value is -5.02. The second-order valence-corrected chi connectivity index (χ2v) is 15.3. The molecule has 0 spiro atoms. The summed E-state index contributed by atoms with van der Waals surface area (Å²) in [4.78, 5) is 12.2. The predicted molar refractivity (Wildman–Crippen MR) is 209 cm³/mol. The summed E-state index contributed by atoms with van der Waals surface area (Å²) < 4.78 is 34.3. The lowest BCUT2D eigenvalue weighted by Crippen LogP contribution is -2.58. The Labute approximate surface area is 324 Å². The molecule has 5 atom stereocenters. The van der Waals surface area contributed by atoms with E-state index in [1.807, 2.05) is 52.0 Å². The zero-order chi connectivity index (χ0) is 41.2. The number of phenolic OH excluding ortho intramolecular Hbond substituents is 4. The van der Waals surface area contributed by atoms with Crippen LogP contribution in [0.4, 0.5) is 0 Å². The van der Waals surface area contributed by atoms with Gasteiger partial charge >= 0.3 is 13.6 Å². The van der Waals surface area contributed by atoms with Crippen LogP contribution in [0.25, 0.3) is 24.3 Å². The summed E-state index contributed by atoms with van der Waals surface area (Å²) in [5, 5.41) is 76.6. The average molecular weight is 795 g/mol. The Morgan fingerprint density at radius 2 is 1.05 bits per heavy atom. The van der Waals surface area contributed by atoms with E-state index in [1.165, 1.54) is 36.4 Å². The fourth-order valence-electron chi connectivity index (χ4n) is 5.18. The van der Waals surface area contributed by atoms with Gasteiger partial charge < -0.3 is 59.4 Å². The number of phenols is 4. The molecule has 0 radical (unpaired) electrons. The molecule has 4 aromatic carbocycles. The van der Waals surface area contributed by atoms with Crippen LogP contribution in [0.15, 0.2) is 84.9 Å². The summed E-state index contributed by atoms with van der Waals surface area (Å²) in [5.41, 5.74) is 3.32. The zero-order valence-corrected chi connectivity index (χ0v) is 32.0. The first-order chi connectivity index (χ1) is 26.4. The first-order valence-electron chi connectivity index (χ1n) is 17.6. The minimum atomic E-state index is -3.38. The lowest BCUT2D eigenvalue weighted by atomic mass is 9.99. The van der Waals surface area contributed by atoms with E-state index in [0.717, 1.165) is 16.7 Å². The maximum Gasteiger partial charge on any atom is 0.361 e. The van der Waals surface area contributed by atoms with Crippen molar-refractivity contribution in [1.82, 2.24) is 0 Å². The second-order valence-electron chi connectivity index (χ2n) is 13.3. The minimum absolute atomic E-state index is 0.155. The predicted octanol–water partition coefficient (Wildman–Crippen LogP) is 5.16. The molecule has 15 heteroatoms. The molecule has 0 saturated carbocycles. The van der Waals surface area contributed by atoms with Gasteiger partial charge in [0, 0.05) is 0 Å². The van der Waals surface area contributed by atoms with Crippen LogP contribution in [-0.4, -0.2) is 96.3 Å². The number of rotatable bonds is 12. The molecule has 1 fully saturated rings. The second kappa shape index (κ2) is 19.7. The molecule has 5 unspecified atom stereocenters. The number of ether oxygens (including phenoxy) is 2. The molecule has 300 valence electrons. The first kappa shape index (κ1) is 43.7. The zero-order valence-electron chi connectivity index (χ0n) is 31.1. The molecule has 0 aliphatic carbocycles. The molecule has 1 heterocycles. The van der Waals surface area contributed by atoms with Gasteiger partial charge in [-0.25, -0.2) is 4.79 Å². The van der Waals surface area contributed by atoms with Crippen LogP contribution < -0.4 is 5.30 Å². The van der Waals surface area contributed by atoms with Crippen molar-refractivity contribution in [3.8, 4) is 23.0 Å². The van der Waals surface area contributed by atoms with Crippen LogP contribution in [0.2, 0.25) is 0 Å². The monoisotopic (exact) mass is 794 g/mol. The van der Waals surface area contributed by atoms with Gasteiger partial charge in [-0.2, -0.15) is 0 Å². The van der Waals surface area contributed by atoms with Crippen LogP contribution in [0.5, 0.6) is 23.0 Å². The quantitative estimate of drug-likeness (QED) is 0.0401. The van der Waals surface area contributed by atoms with Crippen molar-refractivity contribution in [2.75, 3.05) is 6.61 Å². The molecular weight excluding hydrogens is 747 g/mol. The standard InChI is InChI=1S/C21H22O9.C20H25O5P/c22-14-8-5-12(9-15(14)23)2-1-11-3-6-13(7-4-11)20(27)29-10-16-17(24)18(25)19(26)21(28)30-16;1-14(2)24-26(23,25-15(3)4)18-10-7-16(8-11-18)5-6-17-9-12-19(21)20(22)13-17/h1-9,16-19,21-26,28H,10H2;5-15,21-22H,1-4H3. The van der Waals surface area contributed by atoms with Gasteiger partial charge in [-0.05, 0) is 98.5 Å². The maximum atomic E-state index is 13.1. The molecule has 5 rings (SSSR count). The SMILES string of the molecule is CC(C)OP(=O)(OC(C)C)c1ccc(C=Cc2ccc(O)c(O)c2)cc1.O=C(OCC1OC(O)C(O)C(O)C1O)c1ccc(C=Cc2ccc(O)c(O)c2)cc1. The Bertz CT molecular complexity index is 2000. The van der Waals surface area contributed by atoms with E-state index < -0.39 is 50.9 Å². The normalized spacial score (nSPS) is 20.0. The fourth-order valence-corrected chi connectivity index (χ4v) is 7.10. The molecule has 4 aromatic rings. The fraction of sp³-hybridized carbons (Fsp3) is 0.293.